The Balaban J connectivity index is 1.59. The minimum absolute atomic E-state index is 0.0596. The number of aliphatic hydroxyl groups is 1. The van der Waals surface area contributed by atoms with Crippen molar-refractivity contribution in [2.45, 2.75) is 19.5 Å². The number of rotatable bonds is 6. The predicted octanol–water partition coefficient (Wildman–Crippen LogP) is 6.18. The van der Waals surface area contributed by atoms with Crippen LogP contribution in [0, 0.1) is 18.6 Å². The van der Waals surface area contributed by atoms with Crippen molar-refractivity contribution in [2.24, 2.45) is 0 Å². The lowest BCUT2D eigenvalue weighted by molar-refractivity contribution is -0.130. The minimum Gasteiger partial charge on any atom is -0.503 e. The first kappa shape index (κ1) is 23.6. The van der Waals surface area contributed by atoms with Gasteiger partial charge in [-0.15, -0.1) is 11.3 Å². The molecule has 1 amide bonds. The fourth-order valence-electron chi connectivity index (χ4n) is 4.29. The number of Topliss-reactive ketones (excluding diaryl/α,β-unsaturated/α-hetero) is 1. The van der Waals surface area contributed by atoms with Gasteiger partial charge in [0.05, 0.1) is 22.2 Å². The Kier molecular flexibility index (Phi) is 6.20. The maximum Gasteiger partial charge on any atom is 0.290 e. The van der Waals surface area contributed by atoms with Crippen LogP contribution in [0.2, 0.25) is 0 Å². The van der Waals surface area contributed by atoms with Crippen LogP contribution in [0.15, 0.2) is 90.2 Å². The van der Waals surface area contributed by atoms with Gasteiger partial charge in [0.1, 0.15) is 16.6 Å². The second kappa shape index (κ2) is 9.47. The van der Waals surface area contributed by atoms with Gasteiger partial charge >= 0.3 is 0 Å². The molecule has 4 aromatic rings. The first-order chi connectivity index (χ1) is 17.3. The number of carbonyl (C=O) groups excluding carboxylic acids is 2. The van der Waals surface area contributed by atoms with Crippen LogP contribution in [0.5, 0.6) is 0 Å². The van der Waals surface area contributed by atoms with Gasteiger partial charge < -0.3 is 10.0 Å². The molecular weight excluding hydrogens is 482 g/mol. The van der Waals surface area contributed by atoms with Gasteiger partial charge in [-0.1, -0.05) is 60.7 Å². The first-order valence-electron chi connectivity index (χ1n) is 11.2. The summed E-state index contributed by atoms with van der Waals surface area (Å²) in [6.07, 6.45) is 0. The molecule has 1 aliphatic rings. The predicted molar refractivity (Wildman–Crippen MR) is 132 cm³/mol. The van der Waals surface area contributed by atoms with Gasteiger partial charge in [0.25, 0.3) is 5.91 Å². The van der Waals surface area contributed by atoms with Crippen molar-refractivity contribution in [1.82, 2.24) is 9.88 Å². The molecule has 5 nitrogen and oxygen atoms in total. The summed E-state index contributed by atoms with van der Waals surface area (Å²) in [6, 6.07) is 19.5. The Morgan fingerprint density at radius 2 is 1.67 bits per heavy atom. The summed E-state index contributed by atoms with van der Waals surface area (Å²) >= 11 is 1.15. The molecule has 180 valence electrons. The molecule has 5 rings (SSSR count). The van der Waals surface area contributed by atoms with Crippen molar-refractivity contribution in [3.8, 4) is 10.6 Å². The zero-order valence-corrected chi connectivity index (χ0v) is 19.9. The molecule has 1 N–H and O–H groups in total. The molecule has 2 heterocycles. The third-order valence-corrected chi connectivity index (χ3v) is 7.24. The Morgan fingerprint density at radius 1 is 1.00 bits per heavy atom. The fraction of sp³-hybridized carbons (Fsp3) is 0.107. The number of aromatic nitrogens is 1. The van der Waals surface area contributed by atoms with Crippen LogP contribution >= 0.6 is 11.3 Å². The zero-order chi connectivity index (χ0) is 25.4. The van der Waals surface area contributed by atoms with E-state index in [2.05, 4.69) is 4.98 Å². The highest BCUT2D eigenvalue weighted by Gasteiger charge is 2.45. The summed E-state index contributed by atoms with van der Waals surface area (Å²) in [4.78, 5) is 33.0. The smallest absolute Gasteiger partial charge is 0.290 e. The Labute approximate surface area is 210 Å². The third kappa shape index (κ3) is 4.20. The SMILES string of the molecule is Cc1nc(-c2ccccc2)sc1C(=O)C1=C(O)C(=O)N(Cc2ccc(F)cc2)C1c1ccccc1F. The number of carbonyl (C=O) groups is 2. The maximum absolute atomic E-state index is 15.0. The van der Waals surface area contributed by atoms with E-state index in [1.165, 1.54) is 47.4 Å². The molecule has 3 aromatic carbocycles. The van der Waals surface area contributed by atoms with Crippen molar-refractivity contribution >= 4 is 23.0 Å². The first-order valence-corrected chi connectivity index (χ1v) is 12.0. The number of aryl methyl sites for hydroxylation is 1. The number of nitrogens with zero attached hydrogens (tertiary/aromatic N) is 2. The van der Waals surface area contributed by atoms with Gasteiger partial charge in [-0.2, -0.15) is 0 Å². The standard InChI is InChI=1S/C28H20F2N2O3S/c1-16-26(36-27(31-16)18-7-3-2-4-8-18)24(33)22-23(20-9-5-6-10-21(20)30)32(28(35)25(22)34)15-17-11-13-19(29)14-12-17/h2-14,23,34H,15H2,1H3. The number of aliphatic hydroxyl groups excluding tert-OH is 1. The van der Waals surface area contributed by atoms with E-state index in [0.29, 0.717) is 16.3 Å². The highest BCUT2D eigenvalue weighted by Crippen LogP contribution is 2.42. The molecule has 0 aliphatic carbocycles. The van der Waals surface area contributed by atoms with Gasteiger partial charge in [-0.3, -0.25) is 9.59 Å². The second-order valence-electron chi connectivity index (χ2n) is 8.37. The summed E-state index contributed by atoms with van der Waals surface area (Å²) < 4.78 is 28.4. The van der Waals surface area contributed by atoms with E-state index in [-0.39, 0.29) is 22.6 Å². The van der Waals surface area contributed by atoms with Crippen LogP contribution in [-0.2, 0) is 11.3 Å². The third-order valence-electron chi connectivity index (χ3n) is 6.04. The Hall–Kier alpha value is -4.17. The normalized spacial score (nSPS) is 15.6. The number of thiazole rings is 1. The minimum atomic E-state index is -1.17. The van der Waals surface area contributed by atoms with E-state index in [4.69, 9.17) is 0 Å². The summed E-state index contributed by atoms with van der Waals surface area (Å²) in [5, 5.41) is 11.5. The average Bonchev–Trinajstić information content (AvgIpc) is 3.39. The second-order valence-corrected chi connectivity index (χ2v) is 9.37. The van der Waals surface area contributed by atoms with Gasteiger partial charge in [-0.05, 0) is 30.7 Å². The number of hydrogen-bond donors (Lipinski definition) is 1. The summed E-state index contributed by atoms with van der Waals surface area (Å²) in [6.45, 7) is 1.62. The van der Waals surface area contributed by atoms with Crippen molar-refractivity contribution in [3.63, 3.8) is 0 Å². The zero-order valence-electron chi connectivity index (χ0n) is 19.1. The van der Waals surface area contributed by atoms with Crippen molar-refractivity contribution < 1.29 is 23.5 Å². The summed E-state index contributed by atoms with van der Waals surface area (Å²) in [5.74, 6) is -3.19. The van der Waals surface area contributed by atoms with Crippen LogP contribution in [0.25, 0.3) is 10.6 Å². The molecule has 0 fully saturated rings. The molecule has 0 saturated carbocycles. The Bertz CT molecular complexity index is 1500. The molecule has 1 unspecified atom stereocenters. The number of amides is 1. The van der Waals surface area contributed by atoms with Gasteiger partial charge in [0.2, 0.25) is 5.78 Å². The van der Waals surface area contributed by atoms with E-state index in [9.17, 15) is 23.5 Å². The number of benzene rings is 3. The quantitative estimate of drug-likeness (QED) is 0.320. The van der Waals surface area contributed by atoms with Crippen molar-refractivity contribution in [2.75, 3.05) is 0 Å². The molecule has 1 atom stereocenters. The molecule has 1 aliphatic heterocycles. The van der Waals surface area contributed by atoms with Crippen LogP contribution in [-0.4, -0.2) is 26.7 Å². The molecule has 8 heteroatoms. The van der Waals surface area contributed by atoms with Gasteiger partial charge in [0, 0.05) is 17.7 Å². The van der Waals surface area contributed by atoms with Crippen LogP contribution in [0.4, 0.5) is 8.78 Å². The molecule has 36 heavy (non-hydrogen) atoms. The lowest BCUT2D eigenvalue weighted by Crippen LogP contribution is -2.31. The lowest BCUT2D eigenvalue weighted by Gasteiger charge is -2.27. The van der Waals surface area contributed by atoms with Crippen LogP contribution < -0.4 is 0 Å². The molecule has 1 aromatic heterocycles. The fourth-order valence-corrected chi connectivity index (χ4v) is 5.31. The molecule has 0 saturated heterocycles. The highest BCUT2D eigenvalue weighted by molar-refractivity contribution is 7.17. The van der Waals surface area contributed by atoms with E-state index in [1.807, 2.05) is 30.3 Å². The topological polar surface area (TPSA) is 70.5 Å². The number of ketones is 1. The summed E-state index contributed by atoms with van der Waals surface area (Å²) in [7, 11) is 0. The lowest BCUT2D eigenvalue weighted by atomic mass is 9.94. The van der Waals surface area contributed by atoms with Gasteiger partial charge in [0.15, 0.2) is 5.76 Å². The number of halogens is 2. The van der Waals surface area contributed by atoms with E-state index >= 15 is 0 Å². The van der Waals surface area contributed by atoms with Crippen molar-refractivity contribution in [1.29, 1.82) is 0 Å². The molecule has 0 spiro atoms. The van der Waals surface area contributed by atoms with E-state index in [1.54, 1.807) is 13.0 Å². The van der Waals surface area contributed by atoms with Crippen molar-refractivity contribution in [3.05, 3.63) is 124 Å². The largest absolute Gasteiger partial charge is 0.503 e. The van der Waals surface area contributed by atoms with E-state index < -0.39 is 35.1 Å². The van der Waals surface area contributed by atoms with E-state index in [0.717, 1.165) is 16.9 Å². The van der Waals surface area contributed by atoms with Crippen LogP contribution in [0.3, 0.4) is 0 Å². The summed E-state index contributed by atoms with van der Waals surface area (Å²) in [5.41, 5.74) is 1.70. The van der Waals surface area contributed by atoms with Gasteiger partial charge in [-0.25, -0.2) is 13.8 Å². The molecule has 0 bridgehead atoms. The monoisotopic (exact) mass is 502 g/mol. The maximum atomic E-state index is 15.0. The molecular formula is C28H20F2N2O3S. The molecule has 0 radical (unpaired) electrons. The van der Waals surface area contributed by atoms with Crippen LogP contribution in [0.1, 0.15) is 32.5 Å². The highest BCUT2D eigenvalue weighted by atomic mass is 32.1. The Morgan fingerprint density at radius 3 is 2.36 bits per heavy atom. The number of hydrogen-bond acceptors (Lipinski definition) is 5. The average molecular weight is 503 g/mol.